The summed E-state index contributed by atoms with van der Waals surface area (Å²) in [6.45, 7) is 8.75. The van der Waals surface area contributed by atoms with Crippen LogP contribution in [-0.2, 0) is 14.3 Å². The minimum absolute atomic E-state index is 0.161. The van der Waals surface area contributed by atoms with Crippen molar-refractivity contribution < 1.29 is 19.4 Å². The van der Waals surface area contributed by atoms with Gasteiger partial charge in [0.15, 0.2) is 0 Å². The highest BCUT2D eigenvalue weighted by Crippen LogP contribution is 2.20. The molecule has 0 aromatic heterocycles. The number of methoxy groups -OCH3 is 1. The number of amides is 1. The van der Waals surface area contributed by atoms with Gasteiger partial charge in [-0.05, 0) is 34.6 Å². The second-order valence-corrected chi connectivity index (χ2v) is 5.69. The molecule has 0 atom stereocenters. The summed E-state index contributed by atoms with van der Waals surface area (Å²) >= 11 is 0. The van der Waals surface area contributed by atoms with E-state index < -0.39 is 17.1 Å². The molecule has 0 aromatic rings. The molecule has 0 saturated heterocycles. The van der Waals surface area contributed by atoms with Crippen molar-refractivity contribution in [2.45, 2.75) is 52.2 Å². The number of hydrogen-bond acceptors (Lipinski definition) is 3. The highest BCUT2D eigenvalue weighted by atomic mass is 16.5. The molecule has 0 saturated carbocycles. The Labute approximate surface area is 103 Å². The summed E-state index contributed by atoms with van der Waals surface area (Å²) in [6.07, 6.45) is 0.161. The van der Waals surface area contributed by atoms with Gasteiger partial charge in [-0.3, -0.25) is 9.59 Å². The fourth-order valence-electron chi connectivity index (χ4n) is 1.37. The molecule has 0 unspecified atom stereocenters. The summed E-state index contributed by atoms with van der Waals surface area (Å²) in [5.74, 6) is -1.23. The molecule has 0 spiro atoms. The minimum atomic E-state index is -1.01. The largest absolute Gasteiger partial charge is 0.480 e. The molecule has 0 aliphatic rings. The van der Waals surface area contributed by atoms with Gasteiger partial charge in [-0.1, -0.05) is 0 Å². The van der Waals surface area contributed by atoms with Gasteiger partial charge in [0, 0.05) is 12.6 Å². The Morgan fingerprint density at radius 2 is 1.65 bits per heavy atom. The van der Waals surface area contributed by atoms with Crippen LogP contribution in [0, 0.1) is 0 Å². The molecular formula is C12H23NO4. The molecule has 17 heavy (non-hydrogen) atoms. The number of rotatable bonds is 5. The lowest BCUT2D eigenvalue weighted by molar-refractivity contribution is -0.151. The number of nitrogens with zero attached hydrogens (tertiary/aromatic N) is 1. The highest BCUT2D eigenvalue weighted by molar-refractivity contribution is 5.82. The molecule has 0 fully saturated rings. The van der Waals surface area contributed by atoms with Crippen LogP contribution >= 0.6 is 0 Å². The molecule has 0 aromatic carbocycles. The van der Waals surface area contributed by atoms with Crippen LogP contribution in [0.4, 0.5) is 0 Å². The van der Waals surface area contributed by atoms with E-state index in [1.54, 1.807) is 13.8 Å². The summed E-state index contributed by atoms with van der Waals surface area (Å²) in [5, 5.41) is 8.83. The normalized spacial score (nSPS) is 12.4. The Bertz CT molecular complexity index is 291. The number of carbonyl (C=O) groups is 2. The van der Waals surface area contributed by atoms with Crippen molar-refractivity contribution in [3.63, 3.8) is 0 Å². The first-order valence-corrected chi connectivity index (χ1v) is 5.57. The average molecular weight is 245 g/mol. The topological polar surface area (TPSA) is 66.8 Å². The Morgan fingerprint density at radius 1 is 1.18 bits per heavy atom. The Hall–Kier alpha value is -1.10. The van der Waals surface area contributed by atoms with Crippen LogP contribution in [0.5, 0.6) is 0 Å². The van der Waals surface area contributed by atoms with Gasteiger partial charge in [0.2, 0.25) is 5.91 Å². The van der Waals surface area contributed by atoms with Gasteiger partial charge >= 0.3 is 5.97 Å². The standard InChI is InChI=1S/C12H23NO4/c1-11(2,3)13(8-10(15)16)9(14)7-12(4,5)17-6/h7-8H2,1-6H3,(H,15,16). The SMILES string of the molecule is COC(C)(C)CC(=O)N(CC(=O)O)C(C)(C)C. The molecule has 1 N–H and O–H groups in total. The number of ether oxygens (including phenoxy) is 1. The van der Waals surface area contributed by atoms with Crippen LogP contribution < -0.4 is 0 Å². The van der Waals surface area contributed by atoms with Gasteiger partial charge in [-0.2, -0.15) is 0 Å². The molecule has 0 bridgehead atoms. The summed E-state index contributed by atoms with van der Waals surface area (Å²) in [4.78, 5) is 24.2. The third-order valence-corrected chi connectivity index (χ3v) is 2.53. The molecule has 5 heteroatoms. The van der Waals surface area contributed by atoms with E-state index in [0.717, 1.165) is 0 Å². The Kier molecular flexibility index (Phi) is 5.13. The summed E-state index contributed by atoms with van der Waals surface area (Å²) in [5.41, 5.74) is -1.10. The Balaban J connectivity index is 4.83. The first kappa shape index (κ1) is 15.9. The predicted octanol–water partition coefficient (Wildman–Crippen LogP) is 1.51. The lowest BCUT2D eigenvalue weighted by Crippen LogP contribution is -2.50. The third-order valence-electron chi connectivity index (χ3n) is 2.53. The second-order valence-electron chi connectivity index (χ2n) is 5.69. The number of hydrogen-bond donors (Lipinski definition) is 1. The zero-order valence-corrected chi connectivity index (χ0v) is 11.5. The molecule has 5 nitrogen and oxygen atoms in total. The molecule has 0 aliphatic carbocycles. The Morgan fingerprint density at radius 3 is 1.94 bits per heavy atom. The fraction of sp³-hybridized carbons (Fsp3) is 0.833. The molecule has 1 amide bonds. The maximum absolute atomic E-state index is 12.1. The van der Waals surface area contributed by atoms with E-state index in [-0.39, 0.29) is 18.9 Å². The zero-order valence-electron chi connectivity index (χ0n) is 11.5. The van der Waals surface area contributed by atoms with Crippen molar-refractivity contribution in [2.75, 3.05) is 13.7 Å². The number of carboxylic acids is 1. The number of carbonyl (C=O) groups excluding carboxylic acids is 1. The van der Waals surface area contributed by atoms with Gasteiger partial charge in [0.1, 0.15) is 6.54 Å². The van der Waals surface area contributed by atoms with Crippen LogP contribution in [0.3, 0.4) is 0 Å². The van der Waals surface area contributed by atoms with Gasteiger partial charge in [0.25, 0.3) is 0 Å². The van der Waals surface area contributed by atoms with Crippen LogP contribution in [0.1, 0.15) is 41.0 Å². The lowest BCUT2D eigenvalue weighted by Gasteiger charge is -2.36. The van der Waals surface area contributed by atoms with E-state index in [1.807, 2.05) is 20.8 Å². The zero-order chi connectivity index (χ0) is 13.9. The number of carboxylic acid groups (broad SMARTS) is 1. The van der Waals surface area contributed by atoms with Gasteiger partial charge in [0.05, 0.1) is 12.0 Å². The molecule has 0 radical (unpaired) electrons. The third kappa shape index (κ3) is 5.68. The van der Waals surface area contributed by atoms with E-state index >= 15 is 0 Å². The van der Waals surface area contributed by atoms with Crippen molar-refractivity contribution in [1.29, 1.82) is 0 Å². The molecular weight excluding hydrogens is 222 g/mol. The minimum Gasteiger partial charge on any atom is -0.480 e. The summed E-state index contributed by atoms with van der Waals surface area (Å²) in [7, 11) is 1.53. The van der Waals surface area contributed by atoms with Crippen molar-refractivity contribution in [3.05, 3.63) is 0 Å². The summed E-state index contributed by atoms with van der Waals surface area (Å²) < 4.78 is 5.18. The maximum Gasteiger partial charge on any atom is 0.323 e. The van der Waals surface area contributed by atoms with Crippen molar-refractivity contribution >= 4 is 11.9 Å². The van der Waals surface area contributed by atoms with E-state index in [2.05, 4.69) is 0 Å². The van der Waals surface area contributed by atoms with Gasteiger partial charge < -0.3 is 14.7 Å². The van der Waals surface area contributed by atoms with E-state index in [9.17, 15) is 9.59 Å². The fourth-order valence-corrected chi connectivity index (χ4v) is 1.37. The van der Waals surface area contributed by atoms with Crippen molar-refractivity contribution in [3.8, 4) is 0 Å². The van der Waals surface area contributed by atoms with Gasteiger partial charge in [-0.15, -0.1) is 0 Å². The first-order chi connectivity index (χ1) is 7.49. The highest BCUT2D eigenvalue weighted by Gasteiger charge is 2.32. The van der Waals surface area contributed by atoms with Crippen molar-refractivity contribution in [2.24, 2.45) is 0 Å². The smallest absolute Gasteiger partial charge is 0.323 e. The average Bonchev–Trinajstić information content (AvgIpc) is 2.11. The maximum atomic E-state index is 12.1. The first-order valence-electron chi connectivity index (χ1n) is 5.57. The van der Waals surface area contributed by atoms with E-state index in [0.29, 0.717) is 0 Å². The van der Waals surface area contributed by atoms with Crippen LogP contribution in [0.15, 0.2) is 0 Å². The van der Waals surface area contributed by atoms with E-state index in [1.165, 1.54) is 12.0 Å². The lowest BCUT2D eigenvalue weighted by atomic mass is 10.00. The van der Waals surface area contributed by atoms with Crippen molar-refractivity contribution in [1.82, 2.24) is 4.90 Å². The quantitative estimate of drug-likeness (QED) is 0.797. The molecule has 100 valence electrons. The monoisotopic (exact) mass is 245 g/mol. The molecule has 0 heterocycles. The summed E-state index contributed by atoms with van der Waals surface area (Å²) in [6, 6.07) is 0. The van der Waals surface area contributed by atoms with E-state index in [4.69, 9.17) is 9.84 Å². The second kappa shape index (κ2) is 5.49. The van der Waals surface area contributed by atoms with Crippen LogP contribution in [-0.4, -0.2) is 46.7 Å². The van der Waals surface area contributed by atoms with Crippen LogP contribution in [0.2, 0.25) is 0 Å². The predicted molar refractivity (Wildman–Crippen MR) is 64.8 cm³/mol. The molecule has 0 aliphatic heterocycles. The van der Waals surface area contributed by atoms with Crippen LogP contribution in [0.25, 0.3) is 0 Å². The molecule has 0 rings (SSSR count). The number of aliphatic carboxylic acids is 1. The van der Waals surface area contributed by atoms with Gasteiger partial charge in [-0.25, -0.2) is 0 Å².